The standard InChI is InChI=1S/C15H12Cl2N/c16-14-9-7-12(8-10-14)4-1-2-5-13-6-3-11-18-15(13)17/h1-3,7-11H,4-5H2. The van der Waals surface area contributed by atoms with Crippen LogP contribution in [-0.4, -0.2) is 4.98 Å². The fourth-order valence-corrected chi connectivity index (χ4v) is 1.88. The van der Waals surface area contributed by atoms with Crippen LogP contribution in [0, 0.1) is 6.07 Å². The highest BCUT2D eigenvalue weighted by Crippen LogP contribution is 2.13. The molecule has 18 heavy (non-hydrogen) atoms. The van der Waals surface area contributed by atoms with Crippen molar-refractivity contribution in [3.63, 3.8) is 0 Å². The Bertz CT molecular complexity index is 532. The van der Waals surface area contributed by atoms with Gasteiger partial charge in [-0.3, -0.25) is 0 Å². The molecule has 0 spiro atoms. The van der Waals surface area contributed by atoms with Gasteiger partial charge in [-0.25, -0.2) is 4.98 Å². The third-order valence-corrected chi connectivity index (χ3v) is 3.10. The molecule has 1 aromatic carbocycles. The molecule has 0 unspecified atom stereocenters. The summed E-state index contributed by atoms with van der Waals surface area (Å²) in [6.45, 7) is 0. The topological polar surface area (TPSA) is 12.9 Å². The van der Waals surface area contributed by atoms with E-state index in [1.165, 1.54) is 5.56 Å². The van der Waals surface area contributed by atoms with Crippen molar-refractivity contribution in [2.24, 2.45) is 0 Å². The van der Waals surface area contributed by atoms with Gasteiger partial charge in [-0.1, -0.05) is 47.5 Å². The number of halogens is 2. The first-order valence-corrected chi connectivity index (χ1v) is 6.42. The average molecular weight is 277 g/mol. The molecule has 0 amide bonds. The molecule has 1 aromatic heterocycles. The summed E-state index contributed by atoms with van der Waals surface area (Å²) in [6.07, 6.45) is 7.47. The van der Waals surface area contributed by atoms with E-state index in [0.29, 0.717) is 5.15 Å². The first-order valence-electron chi connectivity index (χ1n) is 5.66. The van der Waals surface area contributed by atoms with Gasteiger partial charge in [0.1, 0.15) is 5.15 Å². The van der Waals surface area contributed by atoms with E-state index in [-0.39, 0.29) is 0 Å². The van der Waals surface area contributed by atoms with Gasteiger partial charge < -0.3 is 0 Å². The molecule has 2 rings (SSSR count). The monoisotopic (exact) mass is 276 g/mol. The van der Waals surface area contributed by atoms with E-state index >= 15 is 0 Å². The van der Waals surface area contributed by atoms with Crippen LogP contribution in [0.3, 0.4) is 0 Å². The van der Waals surface area contributed by atoms with Crippen molar-refractivity contribution in [2.75, 3.05) is 0 Å². The van der Waals surface area contributed by atoms with E-state index in [1.54, 1.807) is 12.3 Å². The molecule has 0 N–H and O–H groups in total. The number of hydrogen-bond acceptors (Lipinski definition) is 1. The molecular weight excluding hydrogens is 265 g/mol. The predicted octanol–water partition coefficient (Wildman–Crippen LogP) is 4.53. The molecule has 0 aliphatic heterocycles. The molecule has 0 fully saturated rings. The Balaban J connectivity index is 1.89. The van der Waals surface area contributed by atoms with Crippen molar-refractivity contribution in [1.29, 1.82) is 0 Å². The molecule has 0 saturated carbocycles. The molecule has 0 aliphatic rings. The summed E-state index contributed by atoms with van der Waals surface area (Å²) in [6, 6.07) is 12.7. The van der Waals surface area contributed by atoms with Crippen LogP contribution in [-0.2, 0) is 12.8 Å². The summed E-state index contributed by atoms with van der Waals surface area (Å²) in [5.41, 5.74) is 2.16. The van der Waals surface area contributed by atoms with Gasteiger partial charge in [0.15, 0.2) is 0 Å². The molecular formula is C15H12Cl2N. The Labute approximate surface area is 117 Å². The summed E-state index contributed by atoms with van der Waals surface area (Å²) in [4.78, 5) is 4.01. The minimum atomic E-state index is 0.522. The zero-order chi connectivity index (χ0) is 12.8. The quantitative estimate of drug-likeness (QED) is 0.591. The smallest absolute Gasteiger partial charge is 0.133 e. The summed E-state index contributed by atoms with van der Waals surface area (Å²) >= 11 is 11.8. The van der Waals surface area contributed by atoms with E-state index in [1.807, 2.05) is 24.3 Å². The van der Waals surface area contributed by atoms with Crippen LogP contribution in [0.4, 0.5) is 0 Å². The Morgan fingerprint density at radius 1 is 1.06 bits per heavy atom. The summed E-state index contributed by atoms with van der Waals surface area (Å²) in [5, 5.41) is 1.29. The Hall–Kier alpha value is -1.31. The van der Waals surface area contributed by atoms with E-state index in [9.17, 15) is 0 Å². The fraction of sp³-hybridized carbons (Fsp3) is 0.133. The molecule has 91 valence electrons. The third-order valence-electron chi connectivity index (χ3n) is 2.52. The van der Waals surface area contributed by atoms with Gasteiger partial charge in [-0.15, -0.1) is 0 Å². The van der Waals surface area contributed by atoms with Crippen LogP contribution in [0.1, 0.15) is 11.1 Å². The zero-order valence-corrected chi connectivity index (χ0v) is 11.2. The maximum Gasteiger partial charge on any atom is 0.133 e. The minimum Gasteiger partial charge on any atom is -0.244 e. The average Bonchev–Trinajstić information content (AvgIpc) is 2.39. The van der Waals surface area contributed by atoms with Crippen LogP contribution in [0.15, 0.2) is 48.7 Å². The van der Waals surface area contributed by atoms with Gasteiger partial charge in [0, 0.05) is 16.8 Å². The molecule has 0 atom stereocenters. The molecule has 1 heterocycles. The lowest BCUT2D eigenvalue weighted by molar-refractivity contribution is 1.16. The Morgan fingerprint density at radius 3 is 2.50 bits per heavy atom. The molecule has 1 radical (unpaired) electrons. The lowest BCUT2D eigenvalue weighted by Crippen LogP contribution is -1.86. The number of rotatable bonds is 4. The van der Waals surface area contributed by atoms with Crippen molar-refractivity contribution in [3.8, 4) is 0 Å². The maximum absolute atomic E-state index is 5.95. The van der Waals surface area contributed by atoms with Gasteiger partial charge in [0.05, 0.1) is 0 Å². The Morgan fingerprint density at radius 2 is 1.78 bits per heavy atom. The number of allylic oxidation sites excluding steroid dienone is 2. The van der Waals surface area contributed by atoms with Crippen molar-refractivity contribution in [2.45, 2.75) is 12.8 Å². The highest BCUT2D eigenvalue weighted by molar-refractivity contribution is 6.30. The maximum atomic E-state index is 5.95. The summed E-state index contributed by atoms with van der Waals surface area (Å²) in [7, 11) is 0. The lowest BCUT2D eigenvalue weighted by atomic mass is 10.1. The number of nitrogens with zero attached hydrogens (tertiary/aromatic N) is 1. The first kappa shape index (κ1) is 13.1. The molecule has 2 aromatic rings. The van der Waals surface area contributed by atoms with E-state index in [2.05, 4.69) is 23.2 Å². The van der Waals surface area contributed by atoms with E-state index < -0.39 is 0 Å². The molecule has 0 bridgehead atoms. The second kappa shape index (κ2) is 6.58. The van der Waals surface area contributed by atoms with Crippen molar-refractivity contribution in [1.82, 2.24) is 4.98 Å². The van der Waals surface area contributed by atoms with E-state index in [4.69, 9.17) is 23.2 Å². The number of benzene rings is 1. The van der Waals surface area contributed by atoms with Gasteiger partial charge in [-0.05, 0) is 42.7 Å². The molecule has 1 nitrogen and oxygen atoms in total. The van der Waals surface area contributed by atoms with E-state index in [0.717, 1.165) is 23.4 Å². The zero-order valence-electron chi connectivity index (χ0n) is 9.74. The SMILES string of the molecule is Clc1ccc(CC=CCc2[c]ccnc2Cl)cc1. The third kappa shape index (κ3) is 3.86. The van der Waals surface area contributed by atoms with Crippen molar-refractivity contribution < 1.29 is 0 Å². The Kier molecular flexibility index (Phi) is 4.80. The second-order valence-corrected chi connectivity index (χ2v) is 4.66. The largest absolute Gasteiger partial charge is 0.244 e. The van der Waals surface area contributed by atoms with Gasteiger partial charge >= 0.3 is 0 Å². The van der Waals surface area contributed by atoms with Crippen molar-refractivity contribution in [3.05, 3.63) is 76.0 Å². The predicted molar refractivity (Wildman–Crippen MR) is 76.1 cm³/mol. The first-order chi connectivity index (χ1) is 8.75. The van der Waals surface area contributed by atoms with Crippen LogP contribution in [0.2, 0.25) is 10.2 Å². The highest BCUT2D eigenvalue weighted by atomic mass is 35.5. The normalized spacial score (nSPS) is 11.0. The minimum absolute atomic E-state index is 0.522. The number of pyridine rings is 1. The van der Waals surface area contributed by atoms with Crippen LogP contribution < -0.4 is 0 Å². The molecule has 0 aliphatic carbocycles. The van der Waals surface area contributed by atoms with Crippen LogP contribution in [0.5, 0.6) is 0 Å². The van der Waals surface area contributed by atoms with Crippen LogP contribution >= 0.6 is 23.2 Å². The fourth-order valence-electron chi connectivity index (χ4n) is 1.56. The second-order valence-electron chi connectivity index (χ2n) is 3.86. The van der Waals surface area contributed by atoms with Gasteiger partial charge in [0.2, 0.25) is 0 Å². The highest BCUT2D eigenvalue weighted by Gasteiger charge is 1.97. The lowest BCUT2D eigenvalue weighted by Gasteiger charge is -1.98. The van der Waals surface area contributed by atoms with Gasteiger partial charge in [-0.2, -0.15) is 0 Å². The summed E-state index contributed by atoms with van der Waals surface area (Å²) < 4.78 is 0. The molecule has 0 saturated heterocycles. The van der Waals surface area contributed by atoms with Gasteiger partial charge in [0.25, 0.3) is 0 Å². The summed E-state index contributed by atoms with van der Waals surface area (Å²) in [5.74, 6) is 0. The number of hydrogen-bond donors (Lipinski definition) is 0. The molecule has 3 heteroatoms. The number of aromatic nitrogens is 1. The van der Waals surface area contributed by atoms with Crippen molar-refractivity contribution >= 4 is 23.2 Å². The van der Waals surface area contributed by atoms with Crippen LogP contribution in [0.25, 0.3) is 0 Å².